The summed E-state index contributed by atoms with van der Waals surface area (Å²) in [6.45, 7) is 2.00. The Morgan fingerprint density at radius 3 is 2.38 bits per heavy atom. The molecule has 0 aromatic rings. The zero-order chi connectivity index (χ0) is 9.90. The molecule has 78 valence electrons. The molecule has 1 saturated heterocycles. The van der Waals surface area contributed by atoms with Crippen molar-refractivity contribution in [1.29, 1.82) is 0 Å². The molecule has 0 aliphatic carbocycles. The fourth-order valence-electron chi connectivity index (χ4n) is 1.73. The van der Waals surface area contributed by atoms with Crippen molar-refractivity contribution in [1.82, 2.24) is 0 Å². The molecule has 0 aromatic carbocycles. The van der Waals surface area contributed by atoms with Gasteiger partial charge in [-0.05, 0) is 38.5 Å². The largest absolute Gasteiger partial charge is 0.328 e. The lowest BCUT2D eigenvalue weighted by molar-refractivity contribution is 0.409. The molecule has 2 N–H and O–H groups in total. The van der Waals surface area contributed by atoms with Gasteiger partial charge >= 0.3 is 0 Å². The summed E-state index contributed by atoms with van der Waals surface area (Å²) in [5.41, 5.74) is 5.64. The SMILES string of the molecule is CC(N)CCC1CCS(=O)(=O)CC1. The van der Waals surface area contributed by atoms with E-state index in [4.69, 9.17) is 5.73 Å². The van der Waals surface area contributed by atoms with E-state index in [-0.39, 0.29) is 6.04 Å². The van der Waals surface area contributed by atoms with Crippen LogP contribution in [-0.2, 0) is 9.84 Å². The molecule has 4 heteroatoms. The molecular formula is C9H19NO2S. The average Bonchev–Trinajstić information content (AvgIpc) is 2.02. The van der Waals surface area contributed by atoms with Crippen molar-refractivity contribution >= 4 is 9.84 Å². The maximum atomic E-state index is 11.1. The van der Waals surface area contributed by atoms with Gasteiger partial charge in [-0.2, -0.15) is 0 Å². The number of sulfone groups is 1. The highest BCUT2D eigenvalue weighted by molar-refractivity contribution is 7.91. The van der Waals surface area contributed by atoms with Crippen LogP contribution >= 0.6 is 0 Å². The first kappa shape index (κ1) is 11.0. The molecule has 1 unspecified atom stereocenters. The predicted octanol–water partition coefficient (Wildman–Crippen LogP) is 0.939. The maximum absolute atomic E-state index is 11.1. The van der Waals surface area contributed by atoms with Gasteiger partial charge in [-0.1, -0.05) is 0 Å². The van der Waals surface area contributed by atoms with Crippen molar-refractivity contribution in [2.45, 2.75) is 38.6 Å². The normalized spacial score (nSPS) is 25.7. The Bertz CT molecular complexity index is 232. The van der Waals surface area contributed by atoms with Gasteiger partial charge in [0.2, 0.25) is 0 Å². The first-order valence-corrected chi connectivity index (χ1v) is 6.78. The summed E-state index contributed by atoms with van der Waals surface area (Å²) in [6, 6.07) is 0.249. The van der Waals surface area contributed by atoms with E-state index in [1.807, 2.05) is 6.92 Å². The van der Waals surface area contributed by atoms with Crippen LogP contribution in [0.4, 0.5) is 0 Å². The summed E-state index contributed by atoms with van der Waals surface area (Å²) in [5.74, 6) is 1.36. The van der Waals surface area contributed by atoms with Gasteiger partial charge in [0.15, 0.2) is 0 Å². The van der Waals surface area contributed by atoms with Gasteiger partial charge in [0.05, 0.1) is 11.5 Å². The van der Waals surface area contributed by atoms with Crippen molar-refractivity contribution in [3.8, 4) is 0 Å². The van der Waals surface area contributed by atoms with E-state index >= 15 is 0 Å². The summed E-state index contributed by atoms with van der Waals surface area (Å²) in [7, 11) is -2.69. The minimum Gasteiger partial charge on any atom is -0.328 e. The van der Waals surface area contributed by atoms with E-state index in [0.717, 1.165) is 25.7 Å². The molecule has 1 aliphatic rings. The molecule has 1 aliphatic heterocycles. The van der Waals surface area contributed by atoms with Crippen molar-refractivity contribution in [3.63, 3.8) is 0 Å². The van der Waals surface area contributed by atoms with Crippen LogP contribution in [0.2, 0.25) is 0 Å². The van der Waals surface area contributed by atoms with Crippen molar-refractivity contribution in [2.24, 2.45) is 11.7 Å². The van der Waals surface area contributed by atoms with Crippen molar-refractivity contribution < 1.29 is 8.42 Å². The molecule has 0 aromatic heterocycles. The van der Waals surface area contributed by atoms with E-state index in [2.05, 4.69) is 0 Å². The molecule has 1 heterocycles. The lowest BCUT2D eigenvalue weighted by atomic mass is 9.95. The molecule has 0 bridgehead atoms. The number of rotatable bonds is 3. The second-order valence-electron chi connectivity index (χ2n) is 4.15. The van der Waals surface area contributed by atoms with Gasteiger partial charge in [-0.25, -0.2) is 8.42 Å². The van der Waals surface area contributed by atoms with E-state index in [1.165, 1.54) is 0 Å². The number of hydrogen-bond donors (Lipinski definition) is 1. The van der Waals surface area contributed by atoms with Gasteiger partial charge in [0.25, 0.3) is 0 Å². The monoisotopic (exact) mass is 205 g/mol. The zero-order valence-corrected chi connectivity index (χ0v) is 9.02. The van der Waals surface area contributed by atoms with Crippen LogP contribution in [0.5, 0.6) is 0 Å². The van der Waals surface area contributed by atoms with E-state index < -0.39 is 9.84 Å². The molecule has 13 heavy (non-hydrogen) atoms. The van der Waals surface area contributed by atoms with Crippen LogP contribution in [0.25, 0.3) is 0 Å². The summed E-state index contributed by atoms with van der Waals surface area (Å²) in [5, 5.41) is 0. The van der Waals surface area contributed by atoms with Crippen LogP contribution < -0.4 is 5.73 Å². The van der Waals surface area contributed by atoms with Gasteiger partial charge < -0.3 is 5.73 Å². The Balaban J connectivity index is 2.26. The van der Waals surface area contributed by atoms with Crippen molar-refractivity contribution in [3.05, 3.63) is 0 Å². The van der Waals surface area contributed by atoms with Gasteiger partial charge in [-0.15, -0.1) is 0 Å². The number of hydrogen-bond acceptors (Lipinski definition) is 3. The quantitative estimate of drug-likeness (QED) is 0.746. The second-order valence-corrected chi connectivity index (χ2v) is 6.45. The minimum absolute atomic E-state index is 0.249. The Morgan fingerprint density at radius 2 is 1.92 bits per heavy atom. The van der Waals surface area contributed by atoms with E-state index in [0.29, 0.717) is 17.4 Å². The second kappa shape index (κ2) is 4.42. The summed E-state index contributed by atoms with van der Waals surface area (Å²) in [6.07, 6.45) is 3.79. The predicted molar refractivity (Wildman–Crippen MR) is 54.3 cm³/mol. The average molecular weight is 205 g/mol. The molecule has 0 radical (unpaired) electrons. The van der Waals surface area contributed by atoms with Gasteiger partial charge in [0, 0.05) is 6.04 Å². The molecule has 0 saturated carbocycles. The lowest BCUT2D eigenvalue weighted by Crippen LogP contribution is -2.25. The molecule has 1 rings (SSSR count). The van der Waals surface area contributed by atoms with E-state index in [1.54, 1.807) is 0 Å². The van der Waals surface area contributed by atoms with Crippen LogP contribution in [0, 0.1) is 5.92 Å². The summed E-state index contributed by atoms with van der Waals surface area (Å²) < 4.78 is 22.2. The third-order valence-electron chi connectivity index (χ3n) is 2.70. The standard InChI is InChI=1S/C9H19NO2S/c1-8(10)2-3-9-4-6-13(11,12)7-5-9/h8-9H,2-7,10H2,1H3. The molecule has 0 amide bonds. The fraction of sp³-hybridized carbons (Fsp3) is 1.00. The molecule has 1 atom stereocenters. The smallest absolute Gasteiger partial charge is 0.150 e. The third kappa shape index (κ3) is 4.09. The molecular weight excluding hydrogens is 186 g/mol. The Kier molecular flexibility index (Phi) is 3.74. The first-order valence-electron chi connectivity index (χ1n) is 4.95. The topological polar surface area (TPSA) is 60.2 Å². The van der Waals surface area contributed by atoms with Gasteiger partial charge in [0.1, 0.15) is 9.84 Å². The van der Waals surface area contributed by atoms with E-state index in [9.17, 15) is 8.42 Å². The third-order valence-corrected chi connectivity index (χ3v) is 4.42. The Labute approximate surface area is 80.6 Å². The summed E-state index contributed by atoms with van der Waals surface area (Å²) >= 11 is 0. The maximum Gasteiger partial charge on any atom is 0.150 e. The van der Waals surface area contributed by atoms with Crippen molar-refractivity contribution in [2.75, 3.05) is 11.5 Å². The Morgan fingerprint density at radius 1 is 1.38 bits per heavy atom. The highest BCUT2D eigenvalue weighted by Crippen LogP contribution is 2.23. The van der Waals surface area contributed by atoms with Crippen LogP contribution in [-0.4, -0.2) is 26.0 Å². The van der Waals surface area contributed by atoms with Crippen LogP contribution in [0.15, 0.2) is 0 Å². The fourth-order valence-corrected chi connectivity index (χ4v) is 3.32. The molecule has 3 nitrogen and oxygen atoms in total. The Hall–Kier alpha value is -0.0900. The molecule has 0 spiro atoms. The summed E-state index contributed by atoms with van der Waals surface area (Å²) in [4.78, 5) is 0. The van der Waals surface area contributed by atoms with Gasteiger partial charge in [-0.3, -0.25) is 0 Å². The van der Waals surface area contributed by atoms with Crippen LogP contribution in [0.1, 0.15) is 32.6 Å². The van der Waals surface area contributed by atoms with Crippen LogP contribution in [0.3, 0.4) is 0 Å². The first-order chi connectivity index (χ1) is 5.99. The zero-order valence-electron chi connectivity index (χ0n) is 8.20. The highest BCUT2D eigenvalue weighted by atomic mass is 32.2. The highest BCUT2D eigenvalue weighted by Gasteiger charge is 2.23. The lowest BCUT2D eigenvalue weighted by Gasteiger charge is -2.22. The minimum atomic E-state index is -2.69. The number of nitrogens with two attached hydrogens (primary N) is 1. The molecule has 1 fully saturated rings.